The fraction of sp³-hybridized carbons (Fsp3) is 0.115. The van der Waals surface area contributed by atoms with Gasteiger partial charge in [0.1, 0.15) is 11.4 Å². The second-order valence-corrected chi connectivity index (χ2v) is 8.89. The number of carbonyl (C=O) groups excluding carboxylic acids is 2. The third-order valence-electron chi connectivity index (χ3n) is 4.89. The highest BCUT2D eigenvalue weighted by atomic mass is 79.9. The molecule has 0 saturated heterocycles. The van der Waals surface area contributed by atoms with E-state index >= 15 is 0 Å². The van der Waals surface area contributed by atoms with Gasteiger partial charge in [-0.2, -0.15) is 5.10 Å². The maximum atomic E-state index is 13.0. The van der Waals surface area contributed by atoms with Gasteiger partial charge in [-0.15, -0.1) is 0 Å². The van der Waals surface area contributed by atoms with E-state index in [-0.39, 0.29) is 12.4 Å². The first-order valence-electron chi connectivity index (χ1n) is 11.0. The van der Waals surface area contributed by atoms with Crippen LogP contribution in [0.4, 0.5) is 10.1 Å². The normalized spacial score (nSPS) is 11.0. The molecular weight excluding hydrogens is 569 g/mol. The van der Waals surface area contributed by atoms with Crippen LogP contribution in [0.1, 0.15) is 23.0 Å². The molecule has 2 N–H and O–H groups in total. The van der Waals surface area contributed by atoms with Crippen molar-refractivity contribution in [1.82, 2.24) is 5.43 Å². The molecular formula is C26H20BrClFN3O5. The Hall–Kier alpha value is -3.89. The predicted octanol–water partition coefficient (Wildman–Crippen LogP) is 6.17. The summed E-state index contributed by atoms with van der Waals surface area (Å²) in [5.41, 5.74) is 3.98. The van der Waals surface area contributed by atoms with Crippen molar-refractivity contribution in [3.63, 3.8) is 0 Å². The molecule has 0 fully saturated rings. The molecule has 0 unspecified atom stereocenters. The zero-order valence-electron chi connectivity index (χ0n) is 19.4. The van der Waals surface area contributed by atoms with Crippen LogP contribution in [0.5, 0.6) is 11.5 Å². The van der Waals surface area contributed by atoms with E-state index in [2.05, 4.69) is 31.8 Å². The molecule has 1 heterocycles. The van der Waals surface area contributed by atoms with Gasteiger partial charge in [0.2, 0.25) is 0 Å². The van der Waals surface area contributed by atoms with Gasteiger partial charge in [0.05, 0.1) is 17.3 Å². The fourth-order valence-electron chi connectivity index (χ4n) is 3.28. The number of nitrogens with one attached hydrogen (secondary N) is 2. The van der Waals surface area contributed by atoms with Gasteiger partial charge < -0.3 is 19.2 Å². The maximum Gasteiger partial charge on any atom is 0.307 e. The summed E-state index contributed by atoms with van der Waals surface area (Å²) in [4.78, 5) is 24.7. The lowest BCUT2D eigenvalue weighted by Crippen LogP contribution is -2.20. The van der Waals surface area contributed by atoms with Crippen LogP contribution in [0.2, 0.25) is 5.02 Å². The molecule has 4 aromatic rings. The van der Waals surface area contributed by atoms with Crippen molar-refractivity contribution < 1.29 is 27.9 Å². The number of carbonyl (C=O) groups is 2. The maximum absolute atomic E-state index is 13.0. The van der Waals surface area contributed by atoms with Crippen molar-refractivity contribution in [2.24, 2.45) is 5.10 Å². The van der Waals surface area contributed by atoms with Crippen LogP contribution in [0.3, 0.4) is 0 Å². The van der Waals surface area contributed by atoms with Gasteiger partial charge in [-0.1, -0.05) is 11.6 Å². The van der Waals surface area contributed by atoms with Gasteiger partial charge in [0, 0.05) is 16.1 Å². The van der Waals surface area contributed by atoms with Gasteiger partial charge in [0.15, 0.2) is 23.9 Å². The Balaban J connectivity index is 1.41. The number of hydrazone groups is 1. The van der Waals surface area contributed by atoms with Crippen molar-refractivity contribution in [3.05, 3.63) is 87.3 Å². The quantitative estimate of drug-likeness (QED) is 0.180. The monoisotopic (exact) mass is 587 g/mol. The Kier molecular flexibility index (Phi) is 8.42. The van der Waals surface area contributed by atoms with Crippen molar-refractivity contribution in [2.75, 3.05) is 18.5 Å². The van der Waals surface area contributed by atoms with Gasteiger partial charge >= 0.3 is 5.91 Å². The first-order valence-corrected chi connectivity index (χ1v) is 12.2. The topological polar surface area (TPSA) is 102 Å². The van der Waals surface area contributed by atoms with Crippen LogP contribution in [-0.2, 0) is 4.79 Å². The number of nitrogens with zero attached hydrogens (tertiary/aromatic N) is 1. The van der Waals surface area contributed by atoms with E-state index in [0.717, 1.165) is 0 Å². The number of benzene rings is 3. The molecule has 2 amide bonds. The Morgan fingerprint density at radius 2 is 1.89 bits per heavy atom. The van der Waals surface area contributed by atoms with Crippen LogP contribution in [0.25, 0.3) is 11.0 Å². The number of furan rings is 1. The minimum absolute atomic E-state index is 0.0910. The number of amides is 2. The highest BCUT2D eigenvalue weighted by molar-refractivity contribution is 9.10. The van der Waals surface area contributed by atoms with Gasteiger partial charge in [0.25, 0.3) is 5.91 Å². The lowest BCUT2D eigenvalue weighted by molar-refractivity contribution is -0.118. The minimum atomic E-state index is -0.528. The molecule has 0 aliphatic rings. The molecule has 0 aliphatic heterocycles. The third kappa shape index (κ3) is 6.87. The number of hydrogen-bond acceptors (Lipinski definition) is 6. The number of fused-ring (bicyclic) bond motifs is 1. The van der Waals surface area contributed by atoms with Crippen molar-refractivity contribution in [2.45, 2.75) is 6.92 Å². The number of rotatable bonds is 9. The highest BCUT2D eigenvalue weighted by Crippen LogP contribution is 2.36. The Morgan fingerprint density at radius 3 is 2.65 bits per heavy atom. The smallest absolute Gasteiger partial charge is 0.307 e. The average molecular weight is 589 g/mol. The average Bonchev–Trinajstić information content (AvgIpc) is 3.28. The van der Waals surface area contributed by atoms with Crippen LogP contribution in [-0.4, -0.2) is 31.2 Å². The zero-order chi connectivity index (χ0) is 26.4. The molecule has 0 atom stereocenters. The summed E-state index contributed by atoms with van der Waals surface area (Å²) in [6, 6.07) is 15.4. The van der Waals surface area contributed by atoms with Crippen molar-refractivity contribution in [3.8, 4) is 11.5 Å². The summed E-state index contributed by atoms with van der Waals surface area (Å²) >= 11 is 9.39. The summed E-state index contributed by atoms with van der Waals surface area (Å²) in [7, 11) is 0. The zero-order valence-corrected chi connectivity index (χ0v) is 21.7. The molecule has 0 saturated carbocycles. The summed E-state index contributed by atoms with van der Waals surface area (Å²) in [6.07, 6.45) is 1.43. The molecule has 4 rings (SSSR count). The summed E-state index contributed by atoms with van der Waals surface area (Å²) in [5.74, 6) is -0.579. The van der Waals surface area contributed by atoms with Crippen molar-refractivity contribution >= 4 is 62.2 Å². The molecule has 0 aliphatic carbocycles. The molecule has 0 spiro atoms. The minimum Gasteiger partial charge on any atom is -0.490 e. The lowest BCUT2D eigenvalue weighted by Gasteiger charge is -2.14. The highest BCUT2D eigenvalue weighted by Gasteiger charge is 2.15. The van der Waals surface area contributed by atoms with E-state index < -0.39 is 17.6 Å². The molecule has 0 radical (unpaired) electrons. The second kappa shape index (κ2) is 11.9. The predicted molar refractivity (Wildman–Crippen MR) is 142 cm³/mol. The Morgan fingerprint density at radius 1 is 1.11 bits per heavy atom. The van der Waals surface area contributed by atoms with Crippen LogP contribution in [0, 0.1) is 5.82 Å². The molecule has 1 aromatic heterocycles. The molecule has 3 aromatic carbocycles. The number of hydrogen-bond donors (Lipinski definition) is 2. The summed E-state index contributed by atoms with van der Waals surface area (Å²) < 4.78 is 30.4. The Labute approximate surface area is 224 Å². The number of anilines is 1. The molecule has 37 heavy (non-hydrogen) atoms. The SMILES string of the molecule is CCOc1cc(/C=N/NC(=O)c2cc3cc(Cl)ccc3o2)cc(Br)c1OCC(=O)Nc1ccc(F)cc1. The molecule has 8 nitrogen and oxygen atoms in total. The lowest BCUT2D eigenvalue weighted by atomic mass is 10.2. The van der Waals surface area contributed by atoms with Gasteiger partial charge in [-0.05, 0) is 89.1 Å². The molecule has 0 bridgehead atoms. The Bertz CT molecular complexity index is 1470. The summed E-state index contributed by atoms with van der Waals surface area (Å²) in [5, 5.41) is 7.85. The first kappa shape index (κ1) is 26.2. The van der Waals surface area contributed by atoms with Gasteiger partial charge in [-0.25, -0.2) is 9.82 Å². The van der Waals surface area contributed by atoms with Crippen molar-refractivity contribution in [1.29, 1.82) is 0 Å². The van der Waals surface area contributed by atoms with Crippen LogP contribution in [0.15, 0.2) is 74.7 Å². The second-order valence-electron chi connectivity index (χ2n) is 7.60. The molecule has 11 heteroatoms. The standard InChI is InChI=1S/C26H20BrClFN3O5/c1-2-35-22-10-15(13-30-32-26(34)23-12-16-11-17(28)3-8-21(16)37-23)9-20(27)25(22)36-14-24(33)31-19-6-4-18(29)5-7-19/h3-13H,2,14H2,1H3,(H,31,33)(H,32,34)/b30-13+. The largest absolute Gasteiger partial charge is 0.490 e. The van der Waals surface area contributed by atoms with E-state index in [1.54, 1.807) is 43.3 Å². The van der Waals surface area contributed by atoms with E-state index in [4.69, 9.17) is 25.5 Å². The van der Waals surface area contributed by atoms with Crippen LogP contribution < -0.4 is 20.2 Å². The van der Waals surface area contributed by atoms with E-state index in [0.29, 0.717) is 49.8 Å². The fourth-order valence-corrected chi connectivity index (χ4v) is 4.03. The van der Waals surface area contributed by atoms with E-state index in [1.807, 2.05) is 0 Å². The number of ether oxygens (including phenoxy) is 2. The van der Waals surface area contributed by atoms with Gasteiger partial charge in [-0.3, -0.25) is 9.59 Å². The van der Waals surface area contributed by atoms with E-state index in [9.17, 15) is 14.0 Å². The number of halogens is 3. The third-order valence-corrected chi connectivity index (χ3v) is 5.71. The van der Waals surface area contributed by atoms with Crippen LogP contribution >= 0.6 is 27.5 Å². The van der Waals surface area contributed by atoms with E-state index in [1.165, 1.54) is 30.5 Å². The summed E-state index contributed by atoms with van der Waals surface area (Å²) in [6.45, 7) is 1.85. The first-order chi connectivity index (χ1) is 17.8. The molecule has 190 valence electrons.